The van der Waals surface area contributed by atoms with Crippen molar-refractivity contribution in [3.8, 4) is 39.8 Å². The molecule has 0 aliphatic carbocycles. The maximum Gasteiger partial charge on any atom is 0.747 e. The topological polar surface area (TPSA) is 107 Å². The lowest BCUT2D eigenvalue weighted by Crippen LogP contribution is -1.96. The van der Waals surface area contributed by atoms with Crippen molar-refractivity contribution in [3.05, 3.63) is 41.0 Å². The number of hydrogen-bond acceptors (Lipinski definition) is 6. The van der Waals surface area contributed by atoms with Crippen molar-refractivity contribution in [2.75, 3.05) is 14.2 Å². The van der Waals surface area contributed by atoms with Gasteiger partial charge in [-0.1, -0.05) is 0 Å². The van der Waals surface area contributed by atoms with Gasteiger partial charge in [0.15, 0.2) is 5.75 Å². The van der Waals surface area contributed by atoms with Crippen molar-refractivity contribution in [3.63, 3.8) is 0 Å². The number of rotatable bonds is 6. The molecule has 1 aromatic heterocycles. The number of aryl methyl sites for hydroxylation is 2. The van der Waals surface area contributed by atoms with Gasteiger partial charge in [-0.2, -0.15) is 15.4 Å². The number of aromatic nitrogens is 3. The van der Waals surface area contributed by atoms with Crippen LogP contribution in [0.4, 0.5) is 0 Å². The van der Waals surface area contributed by atoms with Gasteiger partial charge < -0.3 is 9.47 Å². The largest absolute Gasteiger partial charge is 0.747 e. The molecule has 2 N–H and O–H groups in total. The first-order valence-corrected chi connectivity index (χ1v) is 9.58. The van der Waals surface area contributed by atoms with Crippen LogP contribution in [0.2, 0.25) is 0 Å². The number of ether oxygens (including phenoxy) is 2. The van der Waals surface area contributed by atoms with E-state index in [4.69, 9.17) is 14.0 Å². The molecule has 0 aliphatic heterocycles. The minimum absolute atomic E-state index is 0.0747. The summed E-state index contributed by atoms with van der Waals surface area (Å²) in [5, 5.41) is 11.2. The molecule has 146 valence electrons. The summed E-state index contributed by atoms with van der Waals surface area (Å²) >= 11 is 0. The molecule has 1 unspecified atom stereocenters. The second-order valence-electron chi connectivity index (χ2n) is 6.29. The molecule has 0 fully saturated rings. The van der Waals surface area contributed by atoms with Crippen molar-refractivity contribution in [2.24, 2.45) is 0 Å². The standard InChI is InChI=1S/C19H20N3O5P/c1-10-6-13(7-11(2)12(10)3)17-18(21-22-20-17)14-8-15(25-4)19(26-5)16(9-14)27-28(23)24/h6-9H,1-5H3,(H-,20,21,22,23,24)/p+1. The molecule has 0 spiro atoms. The highest BCUT2D eigenvalue weighted by atomic mass is 31.1. The fourth-order valence-electron chi connectivity index (χ4n) is 3.02. The van der Waals surface area contributed by atoms with E-state index in [0.717, 1.165) is 16.7 Å². The van der Waals surface area contributed by atoms with Gasteiger partial charge in [0, 0.05) is 21.8 Å². The average molecular weight is 402 g/mol. The first kappa shape index (κ1) is 19.8. The second kappa shape index (κ2) is 7.96. The fraction of sp³-hybridized carbons (Fsp3) is 0.263. The van der Waals surface area contributed by atoms with E-state index in [1.165, 1.54) is 19.8 Å². The van der Waals surface area contributed by atoms with E-state index in [9.17, 15) is 9.46 Å². The summed E-state index contributed by atoms with van der Waals surface area (Å²) in [6.45, 7) is 6.17. The zero-order chi connectivity index (χ0) is 20.4. The van der Waals surface area contributed by atoms with Crippen LogP contribution in [0.5, 0.6) is 17.2 Å². The molecule has 1 heterocycles. The van der Waals surface area contributed by atoms with Crippen LogP contribution in [-0.2, 0) is 4.57 Å². The Morgan fingerprint density at radius 1 is 0.893 bits per heavy atom. The maximum atomic E-state index is 11.2. The van der Waals surface area contributed by atoms with E-state index in [1.807, 2.05) is 26.0 Å². The van der Waals surface area contributed by atoms with Crippen molar-refractivity contribution < 1.29 is 23.5 Å². The summed E-state index contributed by atoms with van der Waals surface area (Å²) in [6.07, 6.45) is 0. The van der Waals surface area contributed by atoms with Crippen LogP contribution in [0.3, 0.4) is 0 Å². The minimum Gasteiger partial charge on any atom is -0.493 e. The van der Waals surface area contributed by atoms with Gasteiger partial charge in [-0.15, -0.1) is 4.89 Å². The van der Waals surface area contributed by atoms with E-state index < -0.39 is 8.25 Å². The fourth-order valence-corrected chi connectivity index (χ4v) is 3.33. The van der Waals surface area contributed by atoms with Crippen LogP contribution in [-0.4, -0.2) is 34.5 Å². The Labute approximate surface area is 163 Å². The smallest absolute Gasteiger partial charge is 0.493 e. The minimum atomic E-state index is -2.88. The Morgan fingerprint density at radius 3 is 1.93 bits per heavy atom. The number of nitrogens with zero attached hydrogens (tertiary/aromatic N) is 2. The van der Waals surface area contributed by atoms with Gasteiger partial charge in [0.05, 0.1) is 14.2 Å². The molecule has 0 bridgehead atoms. The molecule has 1 atom stereocenters. The average Bonchev–Trinajstić information content (AvgIpc) is 3.14. The Hall–Kier alpha value is -2.96. The summed E-state index contributed by atoms with van der Waals surface area (Å²) in [4.78, 5) is 9.19. The van der Waals surface area contributed by atoms with Crippen molar-refractivity contribution in [2.45, 2.75) is 20.8 Å². The maximum absolute atomic E-state index is 11.2. The van der Waals surface area contributed by atoms with Gasteiger partial charge in [0.1, 0.15) is 11.4 Å². The summed E-state index contributed by atoms with van der Waals surface area (Å²) in [5.41, 5.74) is 6.25. The lowest BCUT2D eigenvalue weighted by molar-refractivity contribution is 0.337. The molecule has 0 radical (unpaired) electrons. The number of H-pyrrole nitrogens is 1. The van der Waals surface area contributed by atoms with E-state index >= 15 is 0 Å². The van der Waals surface area contributed by atoms with Crippen LogP contribution < -0.4 is 14.0 Å². The second-order valence-corrected chi connectivity index (χ2v) is 6.95. The zero-order valence-electron chi connectivity index (χ0n) is 16.2. The highest BCUT2D eigenvalue weighted by Crippen LogP contribution is 2.44. The predicted molar refractivity (Wildman–Crippen MR) is 105 cm³/mol. The molecule has 28 heavy (non-hydrogen) atoms. The highest BCUT2D eigenvalue weighted by molar-refractivity contribution is 7.32. The van der Waals surface area contributed by atoms with E-state index in [-0.39, 0.29) is 11.5 Å². The van der Waals surface area contributed by atoms with Crippen molar-refractivity contribution in [1.82, 2.24) is 15.4 Å². The van der Waals surface area contributed by atoms with Gasteiger partial charge in [0.25, 0.3) is 0 Å². The van der Waals surface area contributed by atoms with E-state index in [2.05, 4.69) is 22.3 Å². The number of methoxy groups -OCH3 is 2. The molecule has 0 saturated carbocycles. The van der Waals surface area contributed by atoms with Gasteiger partial charge >= 0.3 is 8.25 Å². The number of nitrogens with one attached hydrogen (secondary N) is 1. The van der Waals surface area contributed by atoms with Crippen LogP contribution >= 0.6 is 8.25 Å². The highest BCUT2D eigenvalue weighted by Gasteiger charge is 2.25. The quantitative estimate of drug-likeness (QED) is 0.598. The third-order valence-corrected chi connectivity index (χ3v) is 5.00. The monoisotopic (exact) mass is 402 g/mol. The predicted octanol–water partition coefficient (Wildman–Crippen LogP) is 4.11. The number of hydrogen-bond donors (Lipinski definition) is 2. The molecule has 9 heteroatoms. The molecule has 0 saturated heterocycles. The molecule has 8 nitrogen and oxygen atoms in total. The SMILES string of the molecule is COc1cc(-c2n[nH]nc2-c2cc(C)c(C)c(C)c2)cc(O[P+](=O)O)c1OC. The Morgan fingerprint density at radius 2 is 1.43 bits per heavy atom. The van der Waals surface area contributed by atoms with E-state index in [0.29, 0.717) is 22.7 Å². The lowest BCUT2D eigenvalue weighted by atomic mass is 9.97. The Balaban J connectivity index is 2.18. The third-order valence-electron chi connectivity index (χ3n) is 4.64. The third kappa shape index (κ3) is 3.69. The van der Waals surface area contributed by atoms with Gasteiger partial charge in [-0.05, 0) is 55.7 Å². The van der Waals surface area contributed by atoms with Crippen molar-refractivity contribution in [1.29, 1.82) is 0 Å². The van der Waals surface area contributed by atoms with Crippen LogP contribution in [0.1, 0.15) is 16.7 Å². The molecule has 0 amide bonds. The number of benzene rings is 2. The van der Waals surface area contributed by atoms with Crippen LogP contribution in [0, 0.1) is 20.8 Å². The van der Waals surface area contributed by atoms with Gasteiger partial charge in [-0.3, -0.25) is 0 Å². The molecular formula is C19H21N3O5P+. The Kier molecular flexibility index (Phi) is 5.63. The van der Waals surface area contributed by atoms with Gasteiger partial charge in [-0.25, -0.2) is 4.52 Å². The summed E-state index contributed by atoms with van der Waals surface area (Å²) in [7, 11) is 0.0187. The molecule has 0 aliphatic rings. The van der Waals surface area contributed by atoms with Gasteiger partial charge in [0.2, 0.25) is 11.5 Å². The molecular weight excluding hydrogens is 381 g/mol. The summed E-state index contributed by atoms with van der Waals surface area (Å²) in [5.74, 6) is 0.637. The summed E-state index contributed by atoms with van der Waals surface area (Å²) < 4.78 is 26.9. The van der Waals surface area contributed by atoms with Crippen molar-refractivity contribution >= 4 is 8.25 Å². The zero-order valence-corrected chi connectivity index (χ0v) is 17.1. The summed E-state index contributed by atoms with van der Waals surface area (Å²) in [6, 6.07) is 7.38. The van der Waals surface area contributed by atoms with E-state index in [1.54, 1.807) is 12.1 Å². The number of aromatic amines is 1. The molecule has 2 aromatic carbocycles. The van der Waals surface area contributed by atoms with Crippen LogP contribution in [0.25, 0.3) is 22.5 Å². The Bertz CT molecular complexity index is 1030. The first-order chi connectivity index (χ1) is 13.3. The molecule has 3 aromatic rings. The first-order valence-electron chi connectivity index (χ1n) is 8.45. The lowest BCUT2D eigenvalue weighted by Gasteiger charge is -2.12. The molecule has 3 rings (SSSR count). The van der Waals surface area contributed by atoms with Crippen LogP contribution in [0.15, 0.2) is 24.3 Å². The normalized spacial score (nSPS) is 11.3.